The molecule has 4 nitrogen and oxygen atoms in total. The highest BCUT2D eigenvalue weighted by molar-refractivity contribution is 7.13. The molecule has 0 spiro atoms. The monoisotopic (exact) mass is 385 g/mol. The number of halogens is 1. The van der Waals surface area contributed by atoms with Gasteiger partial charge in [0.25, 0.3) is 0 Å². The van der Waals surface area contributed by atoms with Crippen LogP contribution in [-0.2, 0) is 24.1 Å². The van der Waals surface area contributed by atoms with Crippen molar-refractivity contribution in [3.05, 3.63) is 63.9 Å². The summed E-state index contributed by atoms with van der Waals surface area (Å²) in [6.45, 7) is 4.11. The standard InChI is InChI=1S/C20H20ClN3OS/c1-3-13-7-8-17(21)16(4-2)19(13)24-18(25)10-15-12-26-20(23-15)14-6-5-9-22-11-14/h5-9,11-12H,3-4,10H2,1-2H3,(H,24,25). The van der Waals surface area contributed by atoms with Crippen molar-refractivity contribution in [2.75, 3.05) is 5.32 Å². The molecule has 1 amide bonds. The van der Waals surface area contributed by atoms with Gasteiger partial charge in [0.2, 0.25) is 5.91 Å². The second-order valence-corrected chi connectivity index (χ2v) is 7.14. The Kier molecular flexibility index (Phi) is 6.01. The molecule has 134 valence electrons. The zero-order chi connectivity index (χ0) is 18.5. The highest BCUT2D eigenvalue weighted by Crippen LogP contribution is 2.30. The second kappa shape index (κ2) is 8.43. The van der Waals surface area contributed by atoms with Crippen molar-refractivity contribution < 1.29 is 4.79 Å². The lowest BCUT2D eigenvalue weighted by Crippen LogP contribution is -2.17. The fourth-order valence-electron chi connectivity index (χ4n) is 2.83. The number of nitrogens with one attached hydrogen (secondary N) is 1. The molecule has 2 heterocycles. The van der Waals surface area contributed by atoms with E-state index in [1.54, 1.807) is 12.4 Å². The van der Waals surface area contributed by atoms with Crippen molar-refractivity contribution in [3.63, 3.8) is 0 Å². The van der Waals surface area contributed by atoms with Gasteiger partial charge in [-0.25, -0.2) is 4.98 Å². The summed E-state index contributed by atoms with van der Waals surface area (Å²) in [6.07, 6.45) is 5.34. The largest absolute Gasteiger partial charge is 0.325 e. The first kappa shape index (κ1) is 18.5. The summed E-state index contributed by atoms with van der Waals surface area (Å²) in [5.41, 5.74) is 4.63. The third kappa shape index (κ3) is 4.11. The van der Waals surface area contributed by atoms with E-state index in [9.17, 15) is 4.79 Å². The lowest BCUT2D eigenvalue weighted by Gasteiger charge is -2.15. The molecule has 0 saturated heterocycles. The van der Waals surface area contributed by atoms with Crippen LogP contribution in [0.3, 0.4) is 0 Å². The average molecular weight is 386 g/mol. The molecule has 0 aliphatic rings. The number of thiazole rings is 1. The maximum absolute atomic E-state index is 12.6. The first-order valence-corrected chi connectivity index (χ1v) is 9.83. The van der Waals surface area contributed by atoms with Gasteiger partial charge in [0, 0.05) is 34.0 Å². The maximum Gasteiger partial charge on any atom is 0.230 e. The van der Waals surface area contributed by atoms with E-state index in [1.807, 2.05) is 36.6 Å². The van der Waals surface area contributed by atoms with Crippen molar-refractivity contribution in [2.24, 2.45) is 0 Å². The molecule has 3 rings (SSSR count). The number of pyridine rings is 1. The highest BCUT2D eigenvalue weighted by Gasteiger charge is 2.15. The number of nitrogens with zero attached hydrogens (tertiary/aromatic N) is 2. The molecule has 0 aliphatic heterocycles. The number of hydrogen-bond acceptors (Lipinski definition) is 4. The van der Waals surface area contributed by atoms with Gasteiger partial charge in [-0.3, -0.25) is 9.78 Å². The zero-order valence-electron chi connectivity index (χ0n) is 14.8. The Hall–Kier alpha value is -2.24. The average Bonchev–Trinajstić information content (AvgIpc) is 3.11. The fourth-order valence-corrected chi connectivity index (χ4v) is 3.93. The van der Waals surface area contributed by atoms with Crippen LogP contribution in [0.15, 0.2) is 42.0 Å². The van der Waals surface area contributed by atoms with E-state index in [4.69, 9.17) is 11.6 Å². The molecule has 2 aromatic heterocycles. The van der Waals surface area contributed by atoms with Crippen LogP contribution < -0.4 is 5.32 Å². The van der Waals surface area contributed by atoms with Crippen LogP contribution in [0.4, 0.5) is 5.69 Å². The minimum Gasteiger partial charge on any atom is -0.325 e. The minimum atomic E-state index is -0.0836. The summed E-state index contributed by atoms with van der Waals surface area (Å²) in [5, 5.41) is 6.52. The Morgan fingerprint density at radius 3 is 2.77 bits per heavy atom. The molecule has 0 aliphatic carbocycles. The molecule has 0 fully saturated rings. The van der Waals surface area contributed by atoms with E-state index in [0.29, 0.717) is 5.02 Å². The molecule has 1 N–H and O–H groups in total. The summed E-state index contributed by atoms with van der Waals surface area (Å²) in [5.74, 6) is -0.0836. The van der Waals surface area contributed by atoms with Crippen LogP contribution in [0.2, 0.25) is 5.02 Å². The predicted molar refractivity (Wildman–Crippen MR) is 108 cm³/mol. The second-order valence-electron chi connectivity index (χ2n) is 5.88. The molecular formula is C20H20ClN3OS. The Morgan fingerprint density at radius 1 is 1.23 bits per heavy atom. The van der Waals surface area contributed by atoms with Gasteiger partial charge >= 0.3 is 0 Å². The molecule has 0 unspecified atom stereocenters. The van der Waals surface area contributed by atoms with Crippen LogP contribution in [0.5, 0.6) is 0 Å². The number of aromatic nitrogens is 2. The van der Waals surface area contributed by atoms with Crippen LogP contribution in [0, 0.1) is 0 Å². The molecule has 0 atom stereocenters. The Bertz CT molecular complexity index is 909. The quantitative estimate of drug-likeness (QED) is 0.637. The Labute approximate surface area is 162 Å². The molecule has 26 heavy (non-hydrogen) atoms. The molecule has 0 radical (unpaired) electrons. The summed E-state index contributed by atoms with van der Waals surface area (Å²) >= 11 is 7.82. The lowest BCUT2D eigenvalue weighted by molar-refractivity contribution is -0.115. The minimum absolute atomic E-state index is 0.0836. The summed E-state index contributed by atoms with van der Waals surface area (Å²) in [4.78, 5) is 21.2. The number of carbonyl (C=O) groups excluding carboxylic acids is 1. The van der Waals surface area contributed by atoms with E-state index in [2.05, 4.69) is 22.2 Å². The first-order chi connectivity index (χ1) is 12.6. The predicted octanol–water partition coefficient (Wildman–Crippen LogP) is 5.16. The van der Waals surface area contributed by atoms with Crippen molar-refractivity contribution >= 4 is 34.5 Å². The van der Waals surface area contributed by atoms with Crippen molar-refractivity contribution in [1.82, 2.24) is 9.97 Å². The number of hydrogen-bond donors (Lipinski definition) is 1. The van der Waals surface area contributed by atoms with Crippen molar-refractivity contribution in [1.29, 1.82) is 0 Å². The van der Waals surface area contributed by atoms with Gasteiger partial charge in [-0.15, -0.1) is 11.3 Å². The van der Waals surface area contributed by atoms with E-state index < -0.39 is 0 Å². The van der Waals surface area contributed by atoms with Gasteiger partial charge in [0.05, 0.1) is 12.1 Å². The number of carbonyl (C=O) groups is 1. The van der Waals surface area contributed by atoms with Gasteiger partial charge < -0.3 is 5.32 Å². The highest BCUT2D eigenvalue weighted by atomic mass is 35.5. The van der Waals surface area contributed by atoms with Crippen LogP contribution in [0.1, 0.15) is 30.7 Å². The van der Waals surface area contributed by atoms with Crippen LogP contribution >= 0.6 is 22.9 Å². The third-order valence-electron chi connectivity index (χ3n) is 4.14. The smallest absolute Gasteiger partial charge is 0.230 e. The third-order valence-corrected chi connectivity index (χ3v) is 5.44. The molecule has 1 aromatic carbocycles. The van der Waals surface area contributed by atoms with Crippen molar-refractivity contribution in [2.45, 2.75) is 33.1 Å². The maximum atomic E-state index is 12.6. The van der Waals surface area contributed by atoms with Crippen molar-refractivity contribution in [3.8, 4) is 10.6 Å². The number of amides is 1. The summed E-state index contributed by atoms with van der Waals surface area (Å²) in [7, 11) is 0. The van der Waals surface area contributed by atoms with E-state index in [0.717, 1.165) is 45.9 Å². The zero-order valence-corrected chi connectivity index (χ0v) is 16.3. The van der Waals surface area contributed by atoms with E-state index in [1.165, 1.54) is 11.3 Å². The van der Waals surface area contributed by atoms with Gasteiger partial charge in [0.1, 0.15) is 5.01 Å². The van der Waals surface area contributed by atoms with Crippen LogP contribution in [0.25, 0.3) is 10.6 Å². The number of aryl methyl sites for hydroxylation is 1. The van der Waals surface area contributed by atoms with Gasteiger partial charge in [-0.1, -0.05) is 31.5 Å². The number of benzene rings is 1. The lowest BCUT2D eigenvalue weighted by atomic mass is 10.0. The van der Waals surface area contributed by atoms with E-state index >= 15 is 0 Å². The number of anilines is 1. The van der Waals surface area contributed by atoms with Gasteiger partial charge in [0.15, 0.2) is 0 Å². The first-order valence-electron chi connectivity index (χ1n) is 8.57. The molecule has 6 heteroatoms. The fraction of sp³-hybridized carbons (Fsp3) is 0.250. The van der Waals surface area contributed by atoms with E-state index in [-0.39, 0.29) is 12.3 Å². The normalized spacial score (nSPS) is 10.7. The molecule has 3 aromatic rings. The molecule has 0 saturated carbocycles. The Balaban J connectivity index is 1.76. The topological polar surface area (TPSA) is 54.9 Å². The summed E-state index contributed by atoms with van der Waals surface area (Å²) in [6, 6.07) is 7.71. The summed E-state index contributed by atoms with van der Waals surface area (Å²) < 4.78 is 0. The molecular weight excluding hydrogens is 366 g/mol. The number of rotatable bonds is 6. The molecule has 0 bridgehead atoms. The Morgan fingerprint density at radius 2 is 2.08 bits per heavy atom. The van der Waals surface area contributed by atoms with Gasteiger partial charge in [-0.05, 0) is 42.2 Å². The SMILES string of the molecule is CCc1ccc(Cl)c(CC)c1NC(=O)Cc1csc(-c2cccnc2)n1. The van der Waals surface area contributed by atoms with Crippen LogP contribution in [-0.4, -0.2) is 15.9 Å². The van der Waals surface area contributed by atoms with Gasteiger partial charge in [-0.2, -0.15) is 0 Å².